The lowest BCUT2D eigenvalue weighted by atomic mass is 9.99. The summed E-state index contributed by atoms with van der Waals surface area (Å²) in [7, 11) is -4.30. The minimum atomic E-state index is -4.30. The van der Waals surface area contributed by atoms with Crippen molar-refractivity contribution in [1.29, 1.82) is 0 Å². The smallest absolute Gasteiger partial charge is 0.295 e. The van der Waals surface area contributed by atoms with Crippen LogP contribution in [0.4, 0.5) is 5.69 Å². The van der Waals surface area contributed by atoms with Gasteiger partial charge in [-0.2, -0.15) is 8.42 Å². The topological polar surface area (TPSA) is 83.5 Å². The second-order valence-electron chi connectivity index (χ2n) is 5.47. The van der Waals surface area contributed by atoms with E-state index in [0.717, 1.165) is 0 Å². The third-order valence-electron chi connectivity index (χ3n) is 3.46. The Morgan fingerprint density at radius 3 is 2.43 bits per heavy atom. The summed E-state index contributed by atoms with van der Waals surface area (Å²) in [5.74, 6) is -0.0364. The Balaban J connectivity index is 2.58. The number of rotatable bonds is 4. The van der Waals surface area contributed by atoms with E-state index in [9.17, 15) is 17.8 Å². The van der Waals surface area contributed by atoms with Crippen molar-refractivity contribution in [2.75, 3.05) is 5.32 Å². The molecular weight excluding hydrogens is 290 g/mol. The van der Waals surface area contributed by atoms with Crippen LogP contribution in [0.5, 0.6) is 0 Å². The maximum atomic E-state index is 11.6. The fraction of sp³-hybridized carbons (Fsp3) is 0.267. The number of anilines is 1. The summed E-state index contributed by atoms with van der Waals surface area (Å²) < 4.78 is 32.2. The van der Waals surface area contributed by atoms with Gasteiger partial charge in [-0.05, 0) is 44.4 Å². The maximum absolute atomic E-state index is 11.6. The first kappa shape index (κ1) is 15.5. The first-order chi connectivity index (χ1) is 9.61. The molecule has 0 aromatic heterocycles. The molecular formula is C15H17NO4S. The molecule has 21 heavy (non-hydrogen) atoms. The number of hydrogen-bond acceptors (Lipinski definition) is 4. The number of carbonyl (C=O) groups is 1. The standard InChI is InChI=1S/C15H17NO4S/c1-10(17)15(2,3)16-12-8-7-11-5-4-6-14(13(11)9-12)21(18,19)20/h4-9,16H,1-3H3,(H,18,19,20). The fourth-order valence-electron chi connectivity index (χ4n) is 2.00. The number of fused-ring (bicyclic) bond motifs is 1. The van der Waals surface area contributed by atoms with Gasteiger partial charge in [0.1, 0.15) is 4.90 Å². The summed E-state index contributed by atoms with van der Waals surface area (Å²) in [6.07, 6.45) is 0. The average molecular weight is 307 g/mol. The van der Waals surface area contributed by atoms with E-state index in [-0.39, 0.29) is 10.7 Å². The number of Topliss-reactive ketones (excluding diaryl/α,β-unsaturated/α-hetero) is 1. The molecule has 2 rings (SSSR count). The van der Waals surface area contributed by atoms with E-state index in [1.807, 2.05) is 0 Å². The van der Waals surface area contributed by atoms with Crippen molar-refractivity contribution in [2.45, 2.75) is 31.2 Å². The van der Waals surface area contributed by atoms with Crippen LogP contribution in [-0.2, 0) is 14.9 Å². The van der Waals surface area contributed by atoms with Gasteiger partial charge >= 0.3 is 0 Å². The van der Waals surface area contributed by atoms with Crippen molar-refractivity contribution in [3.05, 3.63) is 36.4 Å². The summed E-state index contributed by atoms with van der Waals surface area (Å²) >= 11 is 0. The van der Waals surface area contributed by atoms with Gasteiger partial charge in [-0.1, -0.05) is 18.2 Å². The largest absolute Gasteiger partial charge is 0.373 e. The SMILES string of the molecule is CC(=O)C(C)(C)Nc1ccc2cccc(S(=O)(=O)O)c2c1. The van der Waals surface area contributed by atoms with Gasteiger partial charge < -0.3 is 5.32 Å². The second-order valence-corrected chi connectivity index (χ2v) is 6.86. The van der Waals surface area contributed by atoms with Crippen molar-refractivity contribution < 1.29 is 17.8 Å². The highest BCUT2D eigenvalue weighted by Crippen LogP contribution is 2.27. The van der Waals surface area contributed by atoms with Crippen LogP contribution in [0.15, 0.2) is 41.3 Å². The molecule has 2 aromatic rings. The zero-order valence-electron chi connectivity index (χ0n) is 12.0. The van der Waals surface area contributed by atoms with Gasteiger partial charge in [-0.25, -0.2) is 0 Å². The molecule has 2 N–H and O–H groups in total. The van der Waals surface area contributed by atoms with Crippen molar-refractivity contribution >= 4 is 32.4 Å². The Morgan fingerprint density at radius 1 is 1.19 bits per heavy atom. The quantitative estimate of drug-likeness (QED) is 0.849. The van der Waals surface area contributed by atoms with E-state index in [1.54, 1.807) is 44.2 Å². The molecule has 0 aliphatic heterocycles. The van der Waals surface area contributed by atoms with Gasteiger partial charge in [0.2, 0.25) is 0 Å². The highest BCUT2D eigenvalue weighted by molar-refractivity contribution is 7.86. The molecule has 0 heterocycles. The zero-order valence-corrected chi connectivity index (χ0v) is 12.9. The molecule has 0 amide bonds. The number of benzene rings is 2. The Morgan fingerprint density at radius 2 is 1.86 bits per heavy atom. The molecule has 0 radical (unpaired) electrons. The van der Waals surface area contributed by atoms with E-state index in [1.165, 1.54) is 13.0 Å². The summed E-state index contributed by atoms with van der Waals surface area (Å²) in [5.41, 5.74) is -0.153. The number of hydrogen-bond donors (Lipinski definition) is 2. The third kappa shape index (κ3) is 3.22. The molecule has 5 nitrogen and oxygen atoms in total. The lowest BCUT2D eigenvalue weighted by Gasteiger charge is -2.24. The zero-order chi connectivity index (χ0) is 15.8. The molecule has 0 atom stereocenters. The number of ketones is 1. The second kappa shape index (κ2) is 5.13. The summed E-state index contributed by atoms with van der Waals surface area (Å²) in [4.78, 5) is 11.4. The van der Waals surface area contributed by atoms with Gasteiger partial charge in [0, 0.05) is 11.1 Å². The van der Waals surface area contributed by atoms with E-state index in [2.05, 4.69) is 5.32 Å². The average Bonchev–Trinajstić information content (AvgIpc) is 2.36. The van der Waals surface area contributed by atoms with Crippen LogP contribution in [0.2, 0.25) is 0 Å². The Labute approximate surface area is 123 Å². The minimum absolute atomic E-state index is 0.0364. The molecule has 0 fully saturated rings. The van der Waals surface area contributed by atoms with Crippen molar-refractivity contribution in [1.82, 2.24) is 0 Å². The van der Waals surface area contributed by atoms with Gasteiger partial charge in [0.05, 0.1) is 5.54 Å². The van der Waals surface area contributed by atoms with Crippen LogP contribution < -0.4 is 5.32 Å². The highest BCUT2D eigenvalue weighted by Gasteiger charge is 2.23. The molecule has 0 spiro atoms. The van der Waals surface area contributed by atoms with Gasteiger partial charge in [-0.3, -0.25) is 9.35 Å². The lowest BCUT2D eigenvalue weighted by molar-refractivity contribution is -0.120. The Kier molecular flexibility index (Phi) is 3.78. The van der Waals surface area contributed by atoms with Crippen molar-refractivity contribution in [3.8, 4) is 0 Å². The van der Waals surface area contributed by atoms with E-state index >= 15 is 0 Å². The third-order valence-corrected chi connectivity index (χ3v) is 4.37. The molecule has 6 heteroatoms. The molecule has 0 unspecified atom stereocenters. The number of carbonyl (C=O) groups excluding carboxylic acids is 1. The highest BCUT2D eigenvalue weighted by atomic mass is 32.2. The maximum Gasteiger partial charge on any atom is 0.295 e. The molecule has 112 valence electrons. The van der Waals surface area contributed by atoms with Crippen LogP contribution in [0, 0.1) is 0 Å². The van der Waals surface area contributed by atoms with Crippen LogP contribution in [0.3, 0.4) is 0 Å². The molecule has 0 bridgehead atoms. The molecule has 0 saturated carbocycles. The summed E-state index contributed by atoms with van der Waals surface area (Å²) in [6, 6.07) is 9.78. The summed E-state index contributed by atoms with van der Waals surface area (Å²) in [5, 5.41) is 4.16. The Hall–Kier alpha value is -1.92. The van der Waals surface area contributed by atoms with Crippen molar-refractivity contribution in [3.63, 3.8) is 0 Å². The van der Waals surface area contributed by atoms with Gasteiger partial charge in [-0.15, -0.1) is 0 Å². The van der Waals surface area contributed by atoms with Gasteiger partial charge in [0.25, 0.3) is 10.1 Å². The Bertz CT molecular complexity index is 810. The minimum Gasteiger partial charge on any atom is -0.373 e. The summed E-state index contributed by atoms with van der Waals surface area (Å²) in [6.45, 7) is 4.97. The predicted molar refractivity (Wildman–Crippen MR) is 82.1 cm³/mol. The number of nitrogens with one attached hydrogen (secondary N) is 1. The fourth-order valence-corrected chi connectivity index (χ4v) is 2.70. The van der Waals surface area contributed by atoms with Crippen LogP contribution in [0.1, 0.15) is 20.8 Å². The van der Waals surface area contributed by atoms with Gasteiger partial charge in [0.15, 0.2) is 5.78 Å². The molecule has 0 aliphatic carbocycles. The van der Waals surface area contributed by atoms with E-state index in [4.69, 9.17) is 0 Å². The predicted octanol–water partition coefficient (Wildman–Crippen LogP) is 2.87. The first-order valence-corrected chi connectivity index (χ1v) is 7.85. The van der Waals surface area contributed by atoms with Crippen LogP contribution in [0.25, 0.3) is 10.8 Å². The van der Waals surface area contributed by atoms with E-state index in [0.29, 0.717) is 16.5 Å². The van der Waals surface area contributed by atoms with E-state index < -0.39 is 15.7 Å². The first-order valence-electron chi connectivity index (χ1n) is 6.41. The monoisotopic (exact) mass is 307 g/mol. The molecule has 0 aliphatic rings. The normalized spacial score (nSPS) is 12.4. The lowest BCUT2D eigenvalue weighted by Crippen LogP contribution is -2.38. The van der Waals surface area contributed by atoms with Crippen LogP contribution in [-0.4, -0.2) is 24.3 Å². The molecule has 0 saturated heterocycles. The van der Waals surface area contributed by atoms with Crippen molar-refractivity contribution in [2.24, 2.45) is 0 Å². The molecule has 2 aromatic carbocycles. The van der Waals surface area contributed by atoms with Crippen LogP contribution >= 0.6 is 0 Å².